The van der Waals surface area contributed by atoms with Crippen molar-refractivity contribution in [1.29, 1.82) is 0 Å². The number of hydrogen-bond donors (Lipinski definition) is 1. The van der Waals surface area contributed by atoms with E-state index in [0.717, 1.165) is 6.26 Å². The van der Waals surface area contributed by atoms with Crippen molar-refractivity contribution >= 4 is 19.9 Å². The maximum absolute atomic E-state index is 12.5. The lowest BCUT2D eigenvalue weighted by atomic mass is 10.2. The van der Waals surface area contributed by atoms with Crippen LogP contribution in [0, 0.1) is 0 Å². The average Bonchev–Trinajstić information content (AvgIpc) is 2.61. The first kappa shape index (κ1) is 20.4. The average molecular weight is 399 g/mol. The summed E-state index contributed by atoms with van der Waals surface area (Å²) < 4.78 is 61.4. The molecule has 0 atom stereocenters. The van der Waals surface area contributed by atoms with E-state index in [0.29, 0.717) is 24.5 Å². The molecule has 0 aliphatic carbocycles. The van der Waals surface area contributed by atoms with Gasteiger partial charge in [0.15, 0.2) is 9.84 Å². The van der Waals surface area contributed by atoms with Crippen molar-refractivity contribution in [2.24, 2.45) is 0 Å². The number of nitrogens with one attached hydrogen (secondary N) is 1. The van der Waals surface area contributed by atoms with Crippen molar-refractivity contribution in [3.8, 4) is 5.75 Å². The van der Waals surface area contributed by atoms with Gasteiger partial charge in [-0.25, -0.2) is 21.6 Å². The molecule has 0 heterocycles. The molecule has 2 rings (SSSR count). The second-order valence-electron chi connectivity index (χ2n) is 5.53. The zero-order chi connectivity index (χ0) is 19.2. The summed E-state index contributed by atoms with van der Waals surface area (Å²) in [7, 11) is -6.06. The molecule has 0 aromatic heterocycles. The van der Waals surface area contributed by atoms with Gasteiger partial charge in [0.05, 0.1) is 11.5 Å². The van der Waals surface area contributed by atoms with E-state index in [1.54, 1.807) is 31.4 Å². The molecule has 0 bridgehead atoms. The van der Waals surface area contributed by atoms with Gasteiger partial charge in [0.1, 0.15) is 17.3 Å². The van der Waals surface area contributed by atoms with E-state index in [1.165, 1.54) is 24.3 Å². The predicted molar refractivity (Wildman–Crippen MR) is 97.4 cm³/mol. The first-order valence-electron chi connectivity index (χ1n) is 7.73. The minimum absolute atomic E-state index is 0.0266. The molecule has 2 aromatic rings. The SMILES string of the molecule is COCCOc1ccc(CNS(=O)(=O)c2ccccc2S(C)(=O)=O)cc1. The van der Waals surface area contributed by atoms with Gasteiger partial charge in [-0.2, -0.15) is 0 Å². The van der Waals surface area contributed by atoms with Crippen LogP contribution in [0.5, 0.6) is 5.75 Å². The molecule has 2 aromatic carbocycles. The smallest absolute Gasteiger partial charge is 0.242 e. The Hall–Kier alpha value is -1.94. The molecular formula is C17H21NO6S2. The second-order valence-corrected chi connectivity index (χ2v) is 9.25. The van der Waals surface area contributed by atoms with Gasteiger partial charge in [0.2, 0.25) is 10.0 Å². The highest BCUT2D eigenvalue weighted by Crippen LogP contribution is 2.21. The quantitative estimate of drug-likeness (QED) is 0.643. The summed E-state index contributed by atoms with van der Waals surface area (Å²) >= 11 is 0. The van der Waals surface area contributed by atoms with Crippen LogP contribution < -0.4 is 9.46 Å². The molecule has 0 radical (unpaired) electrons. The van der Waals surface area contributed by atoms with E-state index in [4.69, 9.17) is 9.47 Å². The standard InChI is InChI=1S/C17H21NO6S2/c1-23-11-12-24-15-9-7-14(8-10-15)13-18-26(21,22)17-6-4-3-5-16(17)25(2,19)20/h3-10,18H,11-13H2,1-2H3. The third-order valence-corrected chi connectivity index (χ3v) is 6.23. The van der Waals surface area contributed by atoms with Crippen LogP contribution in [0.1, 0.15) is 5.56 Å². The Bertz CT molecular complexity index is 937. The third kappa shape index (κ3) is 5.53. The van der Waals surface area contributed by atoms with Gasteiger partial charge < -0.3 is 9.47 Å². The molecule has 142 valence electrons. The summed E-state index contributed by atoms with van der Waals surface area (Å²) in [6.45, 7) is 0.921. The van der Waals surface area contributed by atoms with Gasteiger partial charge in [-0.15, -0.1) is 0 Å². The zero-order valence-corrected chi connectivity index (χ0v) is 16.1. The number of sulfone groups is 1. The lowest BCUT2D eigenvalue weighted by Gasteiger charge is -2.11. The normalized spacial score (nSPS) is 12.1. The number of ether oxygens (including phenoxy) is 2. The molecule has 0 amide bonds. The third-order valence-electron chi connectivity index (χ3n) is 3.48. The summed E-state index contributed by atoms with van der Waals surface area (Å²) in [5, 5.41) is 0. The summed E-state index contributed by atoms with van der Waals surface area (Å²) in [5.41, 5.74) is 0.713. The van der Waals surface area contributed by atoms with Gasteiger partial charge in [0, 0.05) is 19.9 Å². The van der Waals surface area contributed by atoms with Crippen LogP contribution in [-0.4, -0.2) is 43.4 Å². The largest absolute Gasteiger partial charge is 0.491 e. The second kappa shape index (κ2) is 8.63. The highest BCUT2D eigenvalue weighted by molar-refractivity contribution is 7.93. The van der Waals surface area contributed by atoms with E-state index in [1.807, 2.05) is 0 Å². The Morgan fingerprint density at radius 2 is 1.50 bits per heavy atom. The highest BCUT2D eigenvalue weighted by Gasteiger charge is 2.23. The van der Waals surface area contributed by atoms with Gasteiger partial charge >= 0.3 is 0 Å². The number of benzene rings is 2. The molecule has 1 N–H and O–H groups in total. The molecule has 0 aliphatic heterocycles. The fraction of sp³-hybridized carbons (Fsp3) is 0.294. The molecule has 0 saturated carbocycles. The fourth-order valence-corrected chi connectivity index (χ4v) is 4.83. The Morgan fingerprint density at radius 3 is 2.08 bits per heavy atom. The fourth-order valence-electron chi connectivity index (χ4n) is 2.18. The Kier molecular flexibility index (Phi) is 6.76. The van der Waals surface area contributed by atoms with Crippen molar-refractivity contribution in [3.05, 3.63) is 54.1 Å². The van der Waals surface area contributed by atoms with E-state index in [2.05, 4.69) is 4.72 Å². The van der Waals surface area contributed by atoms with Crippen LogP contribution in [0.3, 0.4) is 0 Å². The molecule has 26 heavy (non-hydrogen) atoms. The summed E-state index contributed by atoms with van der Waals surface area (Å²) in [4.78, 5) is -0.489. The van der Waals surface area contributed by atoms with Crippen LogP contribution >= 0.6 is 0 Å². The predicted octanol–water partition coefficient (Wildman–Crippen LogP) is 1.59. The Balaban J connectivity index is 2.10. The first-order valence-corrected chi connectivity index (χ1v) is 11.1. The molecule has 7 nitrogen and oxygen atoms in total. The Morgan fingerprint density at radius 1 is 0.885 bits per heavy atom. The molecule has 9 heteroatoms. The van der Waals surface area contributed by atoms with Gasteiger partial charge in [-0.3, -0.25) is 0 Å². The minimum Gasteiger partial charge on any atom is -0.491 e. The number of sulfonamides is 1. The van der Waals surface area contributed by atoms with Gasteiger partial charge in [-0.1, -0.05) is 24.3 Å². The van der Waals surface area contributed by atoms with Crippen molar-refractivity contribution in [3.63, 3.8) is 0 Å². The maximum Gasteiger partial charge on any atom is 0.242 e. The molecule has 0 spiro atoms. The minimum atomic E-state index is -3.98. The summed E-state index contributed by atoms with van der Waals surface area (Å²) in [5.74, 6) is 0.649. The highest BCUT2D eigenvalue weighted by atomic mass is 32.2. The Labute approximate surface area is 153 Å². The summed E-state index contributed by atoms with van der Waals surface area (Å²) in [6.07, 6.45) is 0.976. The topological polar surface area (TPSA) is 98.8 Å². The van der Waals surface area contributed by atoms with Crippen molar-refractivity contribution in [2.75, 3.05) is 26.6 Å². The van der Waals surface area contributed by atoms with E-state index < -0.39 is 19.9 Å². The lowest BCUT2D eigenvalue weighted by Crippen LogP contribution is -2.25. The van der Waals surface area contributed by atoms with Crippen LogP contribution in [0.25, 0.3) is 0 Å². The molecule has 0 unspecified atom stereocenters. The lowest BCUT2D eigenvalue weighted by molar-refractivity contribution is 0.146. The molecule has 0 aliphatic rings. The number of methoxy groups -OCH3 is 1. The van der Waals surface area contributed by atoms with Crippen molar-refractivity contribution in [1.82, 2.24) is 4.72 Å². The van der Waals surface area contributed by atoms with E-state index in [-0.39, 0.29) is 16.3 Å². The molecular weight excluding hydrogens is 378 g/mol. The zero-order valence-electron chi connectivity index (χ0n) is 14.5. The van der Waals surface area contributed by atoms with E-state index in [9.17, 15) is 16.8 Å². The molecule has 0 saturated heterocycles. The van der Waals surface area contributed by atoms with E-state index >= 15 is 0 Å². The van der Waals surface area contributed by atoms with Gasteiger partial charge in [0.25, 0.3) is 0 Å². The van der Waals surface area contributed by atoms with Crippen molar-refractivity contribution < 1.29 is 26.3 Å². The number of rotatable bonds is 9. The van der Waals surface area contributed by atoms with Crippen LogP contribution in [0.4, 0.5) is 0 Å². The van der Waals surface area contributed by atoms with Crippen LogP contribution in [-0.2, 0) is 31.1 Å². The van der Waals surface area contributed by atoms with Crippen LogP contribution in [0.15, 0.2) is 58.3 Å². The van der Waals surface area contributed by atoms with Crippen LogP contribution in [0.2, 0.25) is 0 Å². The first-order chi connectivity index (χ1) is 12.2. The summed E-state index contributed by atoms with van der Waals surface area (Å²) in [6, 6.07) is 12.4. The maximum atomic E-state index is 12.5. The monoisotopic (exact) mass is 399 g/mol. The van der Waals surface area contributed by atoms with Gasteiger partial charge in [-0.05, 0) is 29.8 Å². The molecule has 0 fully saturated rings. The number of hydrogen-bond acceptors (Lipinski definition) is 6. The van der Waals surface area contributed by atoms with Crippen molar-refractivity contribution in [2.45, 2.75) is 16.3 Å².